The number of rotatable bonds is 2. The monoisotopic (exact) mass is 323 g/mol. The van der Waals surface area contributed by atoms with E-state index >= 15 is 0 Å². The largest absolute Gasteiger partial charge is 0.317 e. The lowest BCUT2D eigenvalue weighted by Gasteiger charge is -2.40. The lowest BCUT2D eigenvalue weighted by atomic mass is 9.74. The quantitative estimate of drug-likeness (QED) is 0.870. The molecule has 1 aromatic rings. The van der Waals surface area contributed by atoms with E-state index in [4.69, 9.17) is 0 Å². The van der Waals surface area contributed by atoms with Crippen LogP contribution in [0.2, 0.25) is 0 Å². The molecule has 0 radical (unpaired) electrons. The molecule has 5 nitrogen and oxygen atoms in total. The second kappa shape index (κ2) is 5.28. The fourth-order valence-electron chi connectivity index (χ4n) is 3.54. The van der Waals surface area contributed by atoms with E-state index in [1.807, 2.05) is 12.1 Å². The predicted octanol–water partition coefficient (Wildman–Crippen LogP) is 1.77. The van der Waals surface area contributed by atoms with E-state index in [1.165, 1.54) is 0 Å². The average Bonchev–Trinajstić information content (AvgIpc) is 2.72. The van der Waals surface area contributed by atoms with Crippen LogP contribution < -0.4 is 10.0 Å². The number of sulfonamides is 1. The summed E-state index contributed by atoms with van der Waals surface area (Å²) in [5.41, 5.74) is 2.06. The summed E-state index contributed by atoms with van der Waals surface area (Å²) in [6.07, 6.45) is 4.61. The van der Waals surface area contributed by atoms with Crippen LogP contribution in [0.15, 0.2) is 18.3 Å². The first-order valence-electron chi connectivity index (χ1n) is 7.92. The normalized spacial score (nSPS) is 24.4. The van der Waals surface area contributed by atoms with Crippen LogP contribution in [0.3, 0.4) is 0 Å². The van der Waals surface area contributed by atoms with Crippen molar-refractivity contribution in [1.82, 2.24) is 15.0 Å². The molecule has 1 atom stereocenters. The Hall–Kier alpha value is -0.980. The fourth-order valence-corrected chi connectivity index (χ4v) is 4.58. The minimum absolute atomic E-state index is 0.0414. The molecule has 0 amide bonds. The van der Waals surface area contributed by atoms with Gasteiger partial charge in [0.05, 0.1) is 10.8 Å². The van der Waals surface area contributed by atoms with Crippen LogP contribution in [0.1, 0.15) is 50.9 Å². The highest BCUT2D eigenvalue weighted by Crippen LogP contribution is 2.51. The maximum absolute atomic E-state index is 12.7. The minimum atomic E-state index is -3.40. The van der Waals surface area contributed by atoms with E-state index in [-0.39, 0.29) is 11.5 Å². The summed E-state index contributed by atoms with van der Waals surface area (Å²) in [5, 5.41) is 3.38. The Morgan fingerprint density at radius 2 is 2.00 bits per heavy atom. The van der Waals surface area contributed by atoms with Crippen LogP contribution in [-0.4, -0.2) is 31.2 Å². The summed E-state index contributed by atoms with van der Waals surface area (Å²) in [6, 6.07) is 3.76. The molecule has 0 aromatic carbocycles. The van der Waals surface area contributed by atoms with Gasteiger partial charge in [-0.2, -0.15) is 0 Å². The number of hydrogen-bond donors (Lipinski definition) is 2. The van der Waals surface area contributed by atoms with Gasteiger partial charge >= 0.3 is 0 Å². The average molecular weight is 323 g/mol. The zero-order chi connectivity index (χ0) is 16.0. The van der Waals surface area contributed by atoms with Gasteiger partial charge in [0.2, 0.25) is 10.0 Å². The number of aromatic nitrogens is 1. The van der Waals surface area contributed by atoms with Crippen molar-refractivity contribution in [1.29, 1.82) is 0 Å². The van der Waals surface area contributed by atoms with Gasteiger partial charge in [0, 0.05) is 11.9 Å². The molecular weight excluding hydrogens is 298 g/mol. The second-order valence-corrected chi connectivity index (χ2v) is 9.96. The van der Waals surface area contributed by atoms with Crippen LogP contribution >= 0.6 is 0 Å². The lowest BCUT2D eigenvalue weighted by molar-refractivity contribution is 0.163. The Morgan fingerprint density at radius 1 is 1.32 bits per heavy atom. The molecule has 1 spiro atoms. The van der Waals surface area contributed by atoms with Crippen molar-refractivity contribution in [3.8, 4) is 0 Å². The molecule has 2 heterocycles. The Kier molecular flexibility index (Phi) is 3.82. The van der Waals surface area contributed by atoms with Gasteiger partial charge in [-0.05, 0) is 70.2 Å². The molecule has 2 N–H and O–H groups in total. The smallest absolute Gasteiger partial charge is 0.217 e. The van der Waals surface area contributed by atoms with E-state index < -0.39 is 14.8 Å². The summed E-state index contributed by atoms with van der Waals surface area (Å²) in [4.78, 5) is 4.50. The fraction of sp³-hybridized carbons (Fsp3) is 0.688. The Morgan fingerprint density at radius 3 is 2.64 bits per heavy atom. The molecule has 1 fully saturated rings. The standard InChI is InChI=1S/C16H25N3O2S/c1-15(2,3)22(20,21)19-14-12-5-4-8-18-13(12)11-16(14)6-9-17-10-7-16/h4-5,8,14,17,19H,6-7,9-11H2,1-3H3/t14-/m1/s1. The molecule has 1 saturated heterocycles. The maximum Gasteiger partial charge on any atom is 0.217 e. The third kappa shape index (κ3) is 2.57. The van der Waals surface area contributed by atoms with Gasteiger partial charge < -0.3 is 5.32 Å². The molecule has 1 aromatic heterocycles. The summed E-state index contributed by atoms with van der Waals surface area (Å²) in [7, 11) is -3.40. The number of pyridine rings is 1. The van der Waals surface area contributed by atoms with E-state index in [9.17, 15) is 8.42 Å². The van der Waals surface area contributed by atoms with Crippen molar-refractivity contribution in [3.63, 3.8) is 0 Å². The van der Waals surface area contributed by atoms with Crippen molar-refractivity contribution in [2.24, 2.45) is 5.41 Å². The maximum atomic E-state index is 12.7. The van der Waals surface area contributed by atoms with Gasteiger partial charge in [0.1, 0.15) is 0 Å². The number of fused-ring (bicyclic) bond motifs is 1. The van der Waals surface area contributed by atoms with E-state index in [2.05, 4.69) is 15.0 Å². The first-order valence-corrected chi connectivity index (χ1v) is 9.40. The van der Waals surface area contributed by atoms with E-state index in [0.29, 0.717) is 0 Å². The van der Waals surface area contributed by atoms with Crippen LogP contribution in [0.25, 0.3) is 0 Å². The Labute approximate surface area is 133 Å². The van der Waals surface area contributed by atoms with Gasteiger partial charge in [-0.3, -0.25) is 4.98 Å². The van der Waals surface area contributed by atoms with Gasteiger partial charge in [0.25, 0.3) is 0 Å². The number of piperidine rings is 1. The number of nitrogens with one attached hydrogen (secondary N) is 2. The first kappa shape index (κ1) is 15.9. The molecule has 6 heteroatoms. The van der Waals surface area contributed by atoms with E-state index in [0.717, 1.165) is 43.6 Å². The Bertz CT molecular complexity index is 658. The molecule has 1 aliphatic heterocycles. The molecule has 122 valence electrons. The highest BCUT2D eigenvalue weighted by molar-refractivity contribution is 7.90. The lowest BCUT2D eigenvalue weighted by Crippen LogP contribution is -2.48. The zero-order valence-corrected chi connectivity index (χ0v) is 14.3. The van der Waals surface area contributed by atoms with Crippen LogP contribution in [0, 0.1) is 5.41 Å². The molecule has 1 aliphatic carbocycles. The highest BCUT2D eigenvalue weighted by Gasteiger charge is 2.49. The summed E-state index contributed by atoms with van der Waals surface area (Å²) >= 11 is 0. The Balaban J connectivity index is 2.01. The molecular formula is C16H25N3O2S. The molecule has 0 bridgehead atoms. The highest BCUT2D eigenvalue weighted by atomic mass is 32.2. The van der Waals surface area contributed by atoms with Crippen molar-refractivity contribution < 1.29 is 8.42 Å². The predicted molar refractivity (Wildman–Crippen MR) is 87.0 cm³/mol. The third-order valence-electron chi connectivity index (χ3n) is 5.05. The number of hydrogen-bond acceptors (Lipinski definition) is 4. The number of nitrogens with zero attached hydrogens (tertiary/aromatic N) is 1. The zero-order valence-electron chi connectivity index (χ0n) is 13.5. The van der Waals surface area contributed by atoms with Gasteiger partial charge in [-0.15, -0.1) is 0 Å². The molecule has 2 aliphatic rings. The summed E-state index contributed by atoms with van der Waals surface area (Å²) in [5.74, 6) is 0. The molecule has 0 unspecified atom stereocenters. The summed E-state index contributed by atoms with van der Waals surface area (Å²) < 4.78 is 27.6. The van der Waals surface area contributed by atoms with Crippen molar-refractivity contribution in [2.75, 3.05) is 13.1 Å². The van der Waals surface area contributed by atoms with Gasteiger partial charge in [-0.1, -0.05) is 6.07 Å². The molecule has 3 rings (SSSR count). The summed E-state index contributed by atoms with van der Waals surface area (Å²) in [6.45, 7) is 7.08. The SMILES string of the molecule is CC(C)(C)S(=O)(=O)N[C@@H]1c2cccnc2CC12CCNCC2. The third-order valence-corrected chi connectivity index (χ3v) is 7.21. The van der Waals surface area contributed by atoms with Crippen molar-refractivity contribution in [2.45, 2.75) is 50.8 Å². The van der Waals surface area contributed by atoms with Crippen LogP contribution in [0.5, 0.6) is 0 Å². The first-order chi connectivity index (χ1) is 10.3. The minimum Gasteiger partial charge on any atom is -0.317 e. The van der Waals surface area contributed by atoms with Crippen molar-refractivity contribution >= 4 is 10.0 Å². The molecule has 0 saturated carbocycles. The molecule has 22 heavy (non-hydrogen) atoms. The van der Waals surface area contributed by atoms with E-state index in [1.54, 1.807) is 27.0 Å². The topological polar surface area (TPSA) is 71.1 Å². The van der Waals surface area contributed by atoms with Gasteiger partial charge in [0.15, 0.2) is 0 Å². The van der Waals surface area contributed by atoms with Crippen LogP contribution in [0.4, 0.5) is 0 Å². The second-order valence-electron chi connectivity index (χ2n) is 7.50. The van der Waals surface area contributed by atoms with Crippen LogP contribution in [-0.2, 0) is 16.4 Å². The van der Waals surface area contributed by atoms with Gasteiger partial charge in [-0.25, -0.2) is 13.1 Å². The van der Waals surface area contributed by atoms with Crippen molar-refractivity contribution in [3.05, 3.63) is 29.6 Å².